The number of benzene rings is 1. The van der Waals surface area contributed by atoms with E-state index in [1.807, 2.05) is 50.4 Å². The molecule has 0 radical (unpaired) electrons. The molecule has 0 bridgehead atoms. The van der Waals surface area contributed by atoms with E-state index in [1.165, 1.54) is 12.8 Å². The molecule has 5 heterocycles. The molecule has 0 atom stereocenters. The van der Waals surface area contributed by atoms with Crippen molar-refractivity contribution in [1.82, 2.24) is 19.4 Å². The molecule has 49 heavy (non-hydrogen) atoms. The number of fused-ring (bicyclic) bond motifs is 2. The lowest BCUT2D eigenvalue weighted by molar-refractivity contribution is -0.137. The van der Waals surface area contributed by atoms with Crippen molar-refractivity contribution in [2.24, 2.45) is 5.41 Å². The molecule has 1 saturated heterocycles. The Bertz CT molecular complexity index is 1840. The van der Waals surface area contributed by atoms with Crippen LogP contribution in [0.4, 0.5) is 11.4 Å². The van der Waals surface area contributed by atoms with Crippen LogP contribution in [-0.2, 0) is 35.8 Å². The number of furan rings is 1. The third-order valence-corrected chi connectivity index (χ3v) is 9.42. The number of anilines is 2. The summed E-state index contributed by atoms with van der Waals surface area (Å²) in [5, 5.41) is 0.586. The molecule has 0 unspecified atom stereocenters. The number of carbonyl (C=O) groups excluding carboxylic acids is 2. The fourth-order valence-electron chi connectivity index (χ4n) is 6.80. The number of halogens is 3. The van der Waals surface area contributed by atoms with Crippen molar-refractivity contribution in [3.05, 3.63) is 87.8 Å². The monoisotopic (exact) mass is 732 g/mol. The van der Waals surface area contributed by atoms with E-state index >= 15 is 0 Å². The summed E-state index contributed by atoms with van der Waals surface area (Å²) in [7, 11) is 1.75. The standard InChI is InChI=1S/C36H44N6O4.3ClH/c1-6-42-30-12-11-26(21-31(30)38(5)34(44)36(3,4)35(42)45)22-40(18-19-41-17-13-32-28(33(41)43)20-25(2)46-32)23-27-10-9-14-37-29(27)24-39-15-7-8-16-39;;;/h9-14,17,20-21H,6-8,15-16,18-19,22-24H2,1-5H3;3*1H. The molecule has 2 aliphatic rings. The van der Waals surface area contributed by atoms with E-state index in [0.29, 0.717) is 49.5 Å². The van der Waals surface area contributed by atoms with E-state index in [4.69, 9.17) is 9.40 Å². The van der Waals surface area contributed by atoms with E-state index in [9.17, 15) is 14.4 Å². The van der Waals surface area contributed by atoms with Crippen molar-refractivity contribution < 1.29 is 14.0 Å². The second-order valence-electron chi connectivity index (χ2n) is 13.1. The second kappa shape index (κ2) is 16.5. The molecular weight excluding hydrogens is 687 g/mol. The summed E-state index contributed by atoms with van der Waals surface area (Å²) in [5.41, 5.74) is 4.08. The lowest BCUT2D eigenvalue weighted by Crippen LogP contribution is -2.47. The quantitative estimate of drug-likeness (QED) is 0.179. The first-order valence-corrected chi connectivity index (χ1v) is 16.3. The molecule has 1 aromatic carbocycles. The molecule has 10 nitrogen and oxygen atoms in total. The average Bonchev–Trinajstić information content (AvgIpc) is 3.69. The molecule has 0 saturated carbocycles. The molecule has 13 heteroatoms. The summed E-state index contributed by atoms with van der Waals surface area (Å²) in [6.07, 6.45) is 6.10. The number of hydrogen-bond donors (Lipinski definition) is 0. The van der Waals surface area contributed by atoms with Gasteiger partial charge >= 0.3 is 0 Å². The number of amides is 2. The fourth-order valence-corrected chi connectivity index (χ4v) is 6.80. The number of rotatable bonds is 10. The molecule has 3 aromatic heterocycles. The van der Waals surface area contributed by atoms with E-state index in [0.717, 1.165) is 47.8 Å². The van der Waals surface area contributed by atoms with Gasteiger partial charge in [0.2, 0.25) is 11.8 Å². The largest absolute Gasteiger partial charge is 0.461 e. The highest BCUT2D eigenvalue weighted by Crippen LogP contribution is 2.39. The second-order valence-corrected chi connectivity index (χ2v) is 13.1. The van der Waals surface area contributed by atoms with Crippen LogP contribution in [0.2, 0.25) is 0 Å². The first kappa shape index (κ1) is 40.0. The van der Waals surface area contributed by atoms with Gasteiger partial charge in [0.15, 0.2) is 0 Å². The molecule has 2 amide bonds. The van der Waals surface area contributed by atoms with Crippen LogP contribution < -0.4 is 15.4 Å². The minimum atomic E-state index is -1.16. The Hall–Kier alpha value is -3.41. The maximum Gasteiger partial charge on any atom is 0.261 e. The van der Waals surface area contributed by atoms with Crippen LogP contribution in [0.15, 0.2) is 64.1 Å². The molecule has 266 valence electrons. The number of nitrogens with zero attached hydrogens (tertiary/aromatic N) is 6. The van der Waals surface area contributed by atoms with Crippen LogP contribution in [0.5, 0.6) is 0 Å². The summed E-state index contributed by atoms with van der Waals surface area (Å²) >= 11 is 0. The summed E-state index contributed by atoms with van der Waals surface area (Å²) in [6.45, 7) is 13.0. The molecule has 2 aliphatic heterocycles. The van der Waals surface area contributed by atoms with Gasteiger partial charge in [-0.2, -0.15) is 0 Å². The van der Waals surface area contributed by atoms with Gasteiger partial charge in [-0.1, -0.05) is 12.1 Å². The molecular formula is C36H47Cl3N6O4. The van der Waals surface area contributed by atoms with Gasteiger partial charge in [-0.05, 0) is 95.1 Å². The third-order valence-electron chi connectivity index (χ3n) is 9.42. The molecule has 6 rings (SSSR count). The Morgan fingerprint density at radius 2 is 1.67 bits per heavy atom. The van der Waals surface area contributed by atoms with Gasteiger partial charge < -0.3 is 18.8 Å². The number of likely N-dealkylation sites (tertiary alicyclic amines) is 1. The highest BCUT2D eigenvalue weighted by Gasteiger charge is 2.45. The first-order valence-electron chi connectivity index (χ1n) is 16.3. The van der Waals surface area contributed by atoms with E-state index in [-0.39, 0.29) is 54.6 Å². The van der Waals surface area contributed by atoms with Crippen LogP contribution in [-0.4, -0.2) is 64.4 Å². The Morgan fingerprint density at radius 1 is 0.939 bits per heavy atom. The zero-order valence-corrected chi connectivity index (χ0v) is 31.3. The van der Waals surface area contributed by atoms with Crippen LogP contribution in [0.1, 0.15) is 56.2 Å². The van der Waals surface area contributed by atoms with Crippen LogP contribution in [0.3, 0.4) is 0 Å². The Kier molecular flexibility index (Phi) is 13.5. The summed E-state index contributed by atoms with van der Waals surface area (Å²) in [4.78, 5) is 53.1. The lowest BCUT2D eigenvalue weighted by Gasteiger charge is -2.27. The predicted octanol–water partition coefficient (Wildman–Crippen LogP) is 6.22. The summed E-state index contributed by atoms with van der Waals surface area (Å²) in [5.74, 6) is 0.291. The Balaban J connectivity index is 0.00000217. The molecule has 4 aromatic rings. The van der Waals surface area contributed by atoms with Gasteiger partial charge in [0.05, 0.1) is 22.5 Å². The van der Waals surface area contributed by atoms with Gasteiger partial charge in [0.25, 0.3) is 5.56 Å². The van der Waals surface area contributed by atoms with E-state index < -0.39 is 5.41 Å². The van der Waals surface area contributed by atoms with Crippen molar-refractivity contribution in [2.45, 2.75) is 66.7 Å². The van der Waals surface area contributed by atoms with Gasteiger partial charge in [-0.3, -0.25) is 29.2 Å². The fraction of sp³-hybridized carbons (Fsp3) is 0.444. The van der Waals surface area contributed by atoms with Crippen molar-refractivity contribution in [3.63, 3.8) is 0 Å². The van der Waals surface area contributed by atoms with Gasteiger partial charge in [-0.15, -0.1) is 37.2 Å². The minimum Gasteiger partial charge on any atom is -0.461 e. The van der Waals surface area contributed by atoms with Gasteiger partial charge in [0.1, 0.15) is 16.8 Å². The zero-order valence-electron chi connectivity index (χ0n) is 28.8. The molecule has 1 fully saturated rings. The summed E-state index contributed by atoms with van der Waals surface area (Å²) in [6, 6.07) is 13.8. The van der Waals surface area contributed by atoms with Crippen molar-refractivity contribution in [1.29, 1.82) is 0 Å². The number of pyridine rings is 2. The van der Waals surface area contributed by atoms with Crippen molar-refractivity contribution >= 4 is 71.4 Å². The lowest BCUT2D eigenvalue weighted by atomic mass is 9.90. The Labute approximate surface area is 306 Å². The van der Waals surface area contributed by atoms with Gasteiger partial charge in [-0.25, -0.2) is 0 Å². The zero-order chi connectivity index (χ0) is 32.6. The number of carbonyl (C=O) groups is 2. The smallest absolute Gasteiger partial charge is 0.261 e. The van der Waals surface area contributed by atoms with E-state index in [2.05, 4.69) is 15.9 Å². The van der Waals surface area contributed by atoms with Crippen molar-refractivity contribution in [2.75, 3.05) is 43.0 Å². The molecule has 0 spiro atoms. The van der Waals surface area contributed by atoms with Crippen molar-refractivity contribution in [3.8, 4) is 0 Å². The number of aromatic nitrogens is 2. The van der Waals surface area contributed by atoms with Crippen LogP contribution in [0, 0.1) is 12.3 Å². The normalized spacial score (nSPS) is 15.9. The average molecular weight is 734 g/mol. The predicted molar refractivity (Wildman–Crippen MR) is 201 cm³/mol. The Morgan fingerprint density at radius 3 is 2.39 bits per heavy atom. The minimum absolute atomic E-state index is 0. The molecule has 0 N–H and O–H groups in total. The van der Waals surface area contributed by atoms with E-state index in [1.54, 1.807) is 47.5 Å². The number of aryl methyl sites for hydroxylation is 1. The number of hydrogen-bond acceptors (Lipinski definition) is 7. The highest BCUT2D eigenvalue weighted by molar-refractivity contribution is 6.19. The van der Waals surface area contributed by atoms with Crippen LogP contribution >= 0.6 is 37.2 Å². The molecule has 0 aliphatic carbocycles. The SMILES string of the molecule is CCN1C(=O)C(C)(C)C(=O)N(C)c2cc(CN(CCn3ccc4oc(C)cc4c3=O)Cc3cccnc3CN3CCCC3)ccc21.Cl.Cl.Cl. The van der Waals surface area contributed by atoms with Gasteiger partial charge in [0, 0.05) is 58.7 Å². The maximum absolute atomic E-state index is 13.5. The first-order chi connectivity index (χ1) is 22.1. The maximum atomic E-state index is 13.5. The topological polar surface area (TPSA) is 95.1 Å². The summed E-state index contributed by atoms with van der Waals surface area (Å²) < 4.78 is 7.42. The van der Waals surface area contributed by atoms with Crippen LogP contribution in [0.25, 0.3) is 11.0 Å². The third kappa shape index (κ3) is 8.15. The highest BCUT2D eigenvalue weighted by atomic mass is 35.5.